The van der Waals surface area contributed by atoms with Crippen molar-refractivity contribution >= 4 is 33.6 Å². The Bertz CT molecular complexity index is 1460. The van der Waals surface area contributed by atoms with E-state index in [1.165, 1.54) is 24.1 Å². The van der Waals surface area contributed by atoms with Gasteiger partial charge in [-0.1, -0.05) is 29.8 Å². The molecule has 194 valence electrons. The zero-order chi connectivity index (χ0) is 26.3. The van der Waals surface area contributed by atoms with Crippen LogP contribution >= 0.6 is 11.6 Å². The number of hydrogen-bond donors (Lipinski definition) is 0. The van der Waals surface area contributed by atoms with Crippen LogP contribution in [0.15, 0.2) is 65.5 Å². The number of benzene rings is 2. The topological polar surface area (TPSA) is 87.2 Å². The van der Waals surface area contributed by atoms with Crippen LogP contribution in [0.4, 0.5) is 4.39 Å². The van der Waals surface area contributed by atoms with E-state index in [1.54, 1.807) is 30.5 Å². The van der Waals surface area contributed by atoms with Crippen molar-refractivity contribution in [3.8, 4) is 5.75 Å². The van der Waals surface area contributed by atoms with Crippen molar-refractivity contribution in [1.82, 2.24) is 14.5 Å². The lowest BCUT2D eigenvalue weighted by atomic mass is 10.1. The monoisotopic (exact) mass is 543 g/mol. The van der Waals surface area contributed by atoms with Crippen molar-refractivity contribution in [1.29, 1.82) is 0 Å². The molecule has 0 bridgehead atoms. The number of hydrogen-bond acceptors (Lipinski definition) is 6. The van der Waals surface area contributed by atoms with Crippen LogP contribution in [0.2, 0.25) is 5.02 Å². The molecule has 0 amide bonds. The van der Waals surface area contributed by atoms with E-state index in [0.717, 1.165) is 31.6 Å². The summed E-state index contributed by atoms with van der Waals surface area (Å²) in [7, 11) is -3.11. The van der Waals surface area contributed by atoms with E-state index in [0.29, 0.717) is 28.0 Å². The van der Waals surface area contributed by atoms with E-state index in [1.807, 2.05) is 35.0 Å². The van der Waals surface area contributed by atoms with Gasteiger partial charge in [-0.3, -0.25) is 0 Å². The number of oxazole rings is 1. The van der Waals surface area contributed by atoms with E-state index >= 15 is 0 Å². The Morgan fingerprint density at radius 1 is 1.14 bits per heavy atom. The smallest absolute Gasteiger partial charge is 0.218 e. The van der Waals surface area contributed by atoms with Gasteiger partial charge in [-0.15, -0.1) is 0 Å². The van der Waals surface area contributed by atoms with E-state index in [9.17, 15) is 12.8 Å². The number of unbranched alkanes of at least 4 members (excludes halogenated alkanes) is 1. The Labute approximate surface area is 220 Å². The van der Waals surface area contributed by atoms with E-state index in [4.69, 9.17) is 20.8 Å². The summed E-state index contributed by atoms with van der Waals surface area (Å²) in [6, 6.07) is 12.3. The van der Waals surface area contributed by atoms with Gasteiger partial charge in [-0.25, -0.2) is 22.8 Å². The van der Waals surface area contributed by atoms with Crippen molar-refractivity contribution in [3.05, 3.63) is 100 Å². The quantitative estimate of drug-likeness (QED) is 0.204. The van der Waals surface area contributed by atoms with Gasteiger partial charge in [0, 0.05) is 41.9 Å². The maximum atomic E-state index is 13.9. The molecular formula is C27H27ClFN3O4S. The van der Waals surface area contributed by atoms with Crippen LogP contribution in [0.5, 0.6) is 5.75 Å². The Morgan fingerprint density at radius 2 is 1.95 bits per heavy atom. The third-order valence-corrected chi connectivity index (χ3v) is 6.57. The number of nitrogens with zero attached hydrogens (tertiary/aromatic N) is 3. The first-order chi connectivity index (χ1) is 17.7. The van der Waals surface area contributed by atoms with Crippen LogP contribution in [-0.4, -0.2) is 29.2 Å². The number of imidazole rings is 1. The van der Waals surface area contributed by atoms with Crippen LogP contribution in [0.25, 0.3) is 12.2 Å². The highest BCUT2D eigenvalue weighted by atomic mass is 35.5. The van der Waals surface area contributed by atoms with Gasteiger partial charge in [-0.2, -0.15) is 0 Å². The van der Waals surface area contributed by atoms with Crippen LogP contribution in [0, 0.1) is 5.82 Å². The van der Waals surface area contributed by atoms with Gasteiger partial charge in [0.15, 0.2) is 9.84 Å². The molecule has 0 radical (unpaired) electrons. The molecule has 4 aromatic rings. The second kappa shape index (κ2) is 12.2. The summed E-state index contributed by atoms with van der Waals surface area (Å²) in [6.45, 7) is 0.974. The van der Waals surface area contributed by atoms with Crippen molar-refractivity contribution in [3.63, 3.8) is 0 Å². The van der Waals surface area contributed by atoms with Gasteiger partial charge in [0.05, 0.1) is 0 Å². The summed E-state index contributed by atoms with van der Waals surface area (Å²) in [5.41, 5.74) is 2.20. The van der Waals surface area contributed by atoms with Gasteiger partial charge in [0.2, 0.25) is 5.89 Å². The third-order valence-electron chi connectivity index (χ3n) is 5.56. The van der Waals surface area contributed by atoms with Gasteiger partial charge in [0.25, 0.3) is 0 Å². The Morgan fingerprint density at radius 3 is 2.70 bits per heavy atom. The van der Waals surface area contributed by atoms with E-state index in [-0.39, 0.29) is 12.4 Å². The average molecular weight is 544 g/mol. The molecule has 7 nitrogen and oxygen atoms in total. The van der Waals surface area contributed by atoms with Gasteiger partial charge in [0.1, 0.15) is 41.7 Å². The number of aryl methyl sites for hydroxylation is 2. The van der Waals surface area contributed by atoms with Gasteiger partial charge < -0.3 is 13.7 Å². The summed E-state index contributed by atoms with van der Waals surface area (Å²) in [5.74, 6) is 1.18. The summed E-state index contributed by atoms with van der Waals surface area (Å²) < 4.78 is 50.0. The molecular weight excluding hydrogens is 517 g/mol. The molecule has 0 atom stereocenters. The van der Waals surface area contributed by atoms with Crippen molar-refractivity contribution < 1.29 is 22.0 Å². The highest BCUT2D eigenvalue weighted by molar-refractivity contribution is 7.89. The van der Waals surface area contributed by atoms with Crippen molar-refractivity contribution in [2.75, 3.05) is 6.26 Å². The van der Waals surface area contributed by atoms with Crippen molar-refractivity contribution in [2.45, 2.75) is 38.2 Å². The minimum Gasteiger partial charge on any atom is -0.487 e. The molecule has 10 heteroatoms. The Balaban J connectivity index is 1.20. The first kappa shape index (κ1) is 26.6. The van der Waals surface area contributed by atoms with E-state index < -0.39 is 15.7 Å². The molecule has 0 unspecified atom stereocenters. The predicted molar refractivity (Wildman–Crippen MR) is 141 cm³/mol. The van der Waals surface area contributed by atoms with Gasteiger partial charge in [-0.05, 0) is 55.2 Å². The largest absolute Gasteiger partial charge is 0.487 e. The second-order valence-electron chi connectivity index (χ2n) is 8.67. The van der Waals surface area contributed by atoms with E-state index in [2.05, 4.69) is 9.97 Å². The lowest BCUT2D eigenvalue weighted by Gasteiger charge is -2.08. The summed E-state index contributed by atoms with van der Waals surface area (Å²) in [4.78, 5) is 8.49. The minimum atomic E-state index is -3.11. The molecule has 37 heavy (non-hydrogen) atoms. The number of halogens is 2. The lowest BCUT2D eigenvalue weighted by molar-refractivity contribution is 0.301. The maximum Gasteiger partial charge on any atom is 0.218 e. The maximum absolute atomic E-state index is 13.9. The number of ether oxygens (including phenoxy) is 1. The molecule has 0 aliphatic heterocycles. The first-order valence-corrected chi connectivity index (χ1v) is 14.2. The lowest BCUT2D eigenvalue weighted by Crippen LogP contribution is -2.09. The minimum absolute atomic E-state index is 0.0444. The molecule has 0 saturated heterocycles. The number of sulfone groups is 1. The highest BCUT2D eigenvalue weighted by Crippen LogP contribution is 2.19. The van der Waals surface area contributed by atoms with Gasteiger partial charge >= 0.3 is 0 Å². The third kappa shape index (κ3) is 8.30. The zero-order valence-electron chi connectivity index (χ0n) is 20.3. The number of rotatable bonds is 12. The van der Waals surface area contributed by atoms with Crippen LogP contribution in [0.3, 0.4) is 0 Å². The highest BCUT2D eigenvalue weighted by Gasteiger charge is 2.10. The molecule has 2 heterocycles. The van der Waals surface area contributed by atoms with Crippen LogP contribution in [-0.2, 0) is 35.2 Å². The van der Waals surface area contributed by atoms with Crippen molar-refractivity contribution in [2.24, 2.45) is 0 Å². The van der Waals surface area contributed by atoms with Crippen LogP contribution < -0.4 is 4.74 Å². The second-order valence-corrected chi connectivity index (χ2v) is 11.2. The SMILES string of the molecule is CS(=O)(=O)Cc1nccn1CCCCc1ccc(OCc2coc(/C=C/c3ccc(Cl)cc3F)n2)cc1. The average Bonchev–Trinajstić information content (AvgIpc) is 3.49. The molecule has 4 rings (SSSR count). The summed E-state index contributed by atoms with van der Waals surface area (Å²) in [6.07, 6.45) is 12.1. The molecule has 0 aliphatic carbocycles. The molecule has 2 aromatic heterocycles. The van der Waals surface area contributed by atoms with Crippen LogP contribution in [0.1, 0.15) is 41.4 Å². The molecule has 0 fully saturated rings. The summed E-state index contributed by atoms with van der Waals surface area (Å²) >= 11 is 5.77. The Hall–Kier alpha value is -3.43. The molecule has 0 spiro atoms. The molecule has 0 aliphatic rings. The summed E-state index contributed by atoms with van der Waals surface area (Å²) in [5, 5.41) is 0.339. The fraction of sp³-hybridized carbons (Fsp3) is 0.259. The predicted octanol–water partition coefficient (Wildman–Crippen LogP) is 5.98. The fourth-order valence-electron chi connectivity index (χ4n) is 3.70. The molecule has 0 saturated carbocycles. The molecule has 0 N–H and O–H groups in total. The zero-order valence-corrected chi connectivity index (χ0v) is 21.9. The number of aromatic nitrogens is 3. The first-order valence-electron chi connectivity index (χ1n) is 11.7. The fourth-order valence-corrected chi connectivity index (χ4v) is 4.57. The Kier molecular flexibility index (Phi) is 8.78. The normalized spacial score (nSPS) is 11.9. The molecule has 2 aromatic carbocycles. The standard InChI is InChI=1S/C27H27ClFN3O4S/c1-37(33,34)19-26-30-13-15-32(26)14-3-2-4-20-5-10-24(11-6-20)35-17-23-18-36-27(31-23)12-8-21-7-9-22(28)16-25(21)29/h5-13,15-16,18H,2-4,14,17,19H2,1H3/b12-8+.